The molecular weight excluding hydrogens is 607 g/mol. The summed E-state index contributed by atoms with van der Waals surface area (Å²) in [6, 6.07) is 0. The van der Waals surface area contributed by atoms with E-state index in [4.69, 9.17) is 8.85 Å². The van der Waals surface area contributed by atoms with Crippen molar-refractivity contribution >= 4 is 51.0 Å². The fraction of sp³-hybridized carbons (Fsp3) is 0.840. The number of nitrogens with zero attached hydrogens (tertiary/aromatic N) is 1. The zero-order chi connectivity index (χ0) is 26.8. The molecule has 3 rings (SSSR count). The lowest BCUT2D eigenvalue weighted by atomic mass is 9.95. The summed E-state index contributed by atoms with van der Waals surface area (Å²) in [5, 5.41) is 0.0657. The molecule has 0 amide bonds. The van der Waals surface area contributed by atoms with Gasteiger partial charge in [0.15, 0.2) is 16.6 Å². The smallest absolute Gasteiger partial charge is 0.329 e. The van der Waals surface area contributed by atoms with Crippen molar-refractivity contribution in [2.75, 3.05) is 0 Å². The van der Waals surface area contributed by atoms with Crippen molar-refractivity contribution in [2.45, 2.75) is 130 Å². The van der Waals surface area contributed by atoms with Crippen LogP contribution in [0.2, 0.25) is 36.3 Å². The number of halogens is 1. The molecule has 1 aromatic heterocycles. The van der Waals surface area contributed by atoms with E-state index in [1.165, 1.54) is 0 Å². The van der Waals surface area contributed by atoms with Crippen LogP contribution in [0, 0.1) is 6.92 Å². The molecule has 1 saturated carbocycles. The Morgan fingerprint density at radius 1 is 1.06 bits per heavy atom. The zero-order valence-electron chi connectivity index (χ0n) is 23.4. The molecule has 2 heterocycles. The second-order valence-corrected chi connectivity index (χ2v) is 25.9. The van der Waals surface area contributed by atoms with Gasteiger partial charge >= 0.3 is 5.69 Å². The molecule has 6 nitrogen and oxygen atoms in total. The minimum atomic E-state index is -2.10. The van der Waals surface area contributed by atoms with Crippen molar-refractivity contribution in [2.24, 2.45) is 0 Å². The largest absolute Gasteiger partial charge is 0.412 e. The number of aromatic nitrogens is 2. The van der Waals surface area contributed by atoms with Crippen molar-refractivity contribution in [3.63, 3.8) is 0 Å². The molecule has 1 aliphatic carbocycles. The van der Waals surface area contributed by atoms with E-state index in [1.807, 2.05) is 11.8 Å². The minimum Gasteiger partial charge on any atom is -0.412 e. The number of alkyl halides is 1. The number of rotatable bonds is 5. The standard InChI is InChI=1S/C25H45IN2O4SSi2/c1-16-15-28(22(30)27-20(16)29)21-18(26)19(32-35(10,11)24(5,6)7)25(33-21)14-12-13-17(25)31-34(8,9)23(2,3)4/h15,17-19,21H,12-14H2,1-11H3,(H,27,29,30)/t17-,18+,19-,21+,25-/m0/s1. The summed E-state index contributed by atoms with van der Waals surface area (Å²) >= 11 is 4.37. The molecule has 200 valence electrons. The molecule has 1 spiro atoms. The third-order valence-corrected chi connectivity index (χ3v) is 21.5. The average Bonchev–Trinajstić information content (AvgIpc) is 3.19. The van der Waals surface area contributed by atoms with Crippen molar-refractivity contribution in [1.82, 2.24) is 9.55 Å². The SMILES string of the molecule is Cc1cn([C@@H]2S[C@]3(CCC[C@@H]3O[Si](C)(C)C(C)(C)C)[C@@H](O[Si](C)(C)C(C)(C)C)[C@H]2I)c(=O)[nH]c1=O. The lowest BCUT2D eigenvalue weighted by molar-refractivity contribution is 0.0728. The highest BCUT2D eigenvalue weighted by Crippen LogP contribution is 2.62. The second kappa shape index (κ2) is 9.70. The number of nitrogens with one attached hydrogen (secondary N) is 1. The predicted octanol–water partition coefficient (Wildman–Crippen LogP) is 6.60. The average molecular weight is 653 g/mol. The van der Waals surface area contributed by atoms with E-state index in [1.54, 1.807) is 17.7 Å². The normalized spacial score (nSPS) is 30.4. The predicted molar refractivity (Wildman–Crippen MR) is 161 cm³/mol. The number of H-pyrrole nitrogens is 1. The van der Waals surface area contributed by atoms with Gasteiger partial charge < -0.3 is 8.85 Å². The van der Waals surface area contributed by atoms with Crippen LogP contribution in [0.4, 0.5) is 0 Å². The molecule has 1 aromatic rings. The molecule has 2 aliphatic rings. The van der Waals surface area contributed by atoms with Gasteiger partial charge in [0, 0.05) is 11.8 Å². The van der Waals surface area contributed by atoms with Gasteiger partial charge in [0.2, 0.25) is 0 Å². The molecule has 1 saturated heterocycles. The quantitative estimate of drug-likeness (QED) is 0.221. The van der Waals surface area contributed by atoms with Crippen molar-refractivity contribution in [3.8, 4) is 0 Å². The molecular formula is C25H45IN2O4SSi2. The van der Waals surface area contributed by atoms with E-state index in [0.29, 0.717) is 5.56 Å². The van der Waals surface area contributed by atoms with Crippen LogP contribution in [-0.2, 0) is 8.85 Å². The molecule has 0 bridgehead atoms. The van der Waals surface area contributed by atoms with Crippen LogP contribution in [-0.4, -0.2) is 47.1 Å². The Morgan fingerprint density at radius 3 is 2.14 bits per heavy atom. The van der Waals surface area contributed by atoms with Gasteiger partial charge in [-0.25, -0.2) is 4.79 Å². The molecule has 2 fully saturated rings. The molecule has 0 radical (unpaired) electrons. The number of thioether (sulfide) groups is 1. The fourth-order valence-corrected chi connectivity index (χ4v) is 11.4. The maximum Gasteiger partial charge on any atom is 0.329 e. The van der Waals surface area contributed by atoms with Crippen molar-refractivity contribution < 1.29 is 8.85 Å². The number of hydrogen-bond acceptors (Lipinski definition) is 5. The Morgan fingerprint density at radius 2 is 1.60 bits per heavy atom. The Bertz CT molecular complexity index is 1060. The van der Waals surface area contributed by atoms with Crippen molar-refractivity contribution in [1.29, 1.82) is 0 Å². The van der Waals surface area contributed by atoms with Gasteiger partial charge in [0.05, 0.1) is 26.3 Å². The maximum absolute atomic E-state index is 13.0. The van der Waals surface area contributed by atoms with E-state index < -0.39 is 16.6 Å². The summed E-state index contributed by atoms with van der Waals surface area (Å²) in [4.78, 5) is 27.6. The number of aromatic amines is 1. The first-order valence-electron chi connectivity index (χ1n) is 12.7. The monoisotopic (exact) mass is 652 g/mol. The summed E-state index contributed by atoms with van der Waals surface area (Å²) < 4.78 is 16.0. The van der Waals surface area contributed by atoms with E-state index in [9.17, 15) is 9.59 Å². The Hall–Kier alpha value is 0.114. The van der Waals surface area contributed by atoms with Gasteiger partial charge in [0.1, 0.15) is 0 Å². The van der Waals surface area contributed by atoms with E-state index >= 15 is 0 Å². The summed E-state index contributed by atoms with van der Waals surface area (Å²) in [5.74, 6) is 0. The highest BCUT2D eigenvalue weighted by atomic mass is 127. The molecule has 0 aromatic carbocycles. The molecule has 1 aliphatic heterocycles. The van der Waals surface area contributed by atoms with E-state index in [0.717, 1.165) is 19.3 Å². The van der Waals surface area contributed by atoms with Crippen LogP contribution in [0.5, 0.6) is 0 Å². The number of hydrogen-bond donors (Lipinski definition) is 1. The molecule has 0 unspecified atom stereocenters. The van der Waals surface area contributed by atoms with E-state index in [2.05, 4.69) is 95.3 Å². The summed E-state index contributed by atoms with van der Waals surface area (Å²) in [6.07, 6.45) is 4.92. The van der Waals surface area contributed by atoms with Crippen LogP contribution in [0.1, 0.15) is 71.7 Å². The summed E-state index contributed by atoms with van der Waals surface area (Å²) in [6.45, 7) is 24.8. The lowest BCUT2D eigenvalue weighted by Gasteiger charge is -2.47. The topological polar surface area (TPSA) is 73.3 Å². The minimum absolute atomic E-state index is 0.0320. The maximum atomic E-state index is 13.0. The first-order chi connectivity index (χ1) is 15.7. The van der Waals surface area contributed by atoms with Crippen LogP contribution in [0.3, 0.4) is 0 Å². The zero-order valence-corrected chi connectivity index (χ0v) is 28.3. The third-order valence-electron chi connectivity index (χ3n) is 8.85. The highest BCUT2D eigenvalue weighted by molar-refractivity contribution is 14.1. The molecule has 35 heavy (non-hydrogen) atoms. The van der Waals surface area contributed by atoms with Crippen LogP contribution < -0.4 is 11.2 Å². The van der Waals surface area contributed by atoms with E-state index in [-0.39, 0.29) is 47.6 Å². The molecule has 5 atom stereocenters. The first-order valence-corrected chi connectivity index (χ1v) is 20.7. The van der Waals surface area contributed by atoms with Gasteiger partial charge in [-0.15, -0.1) is 11.8 Å². The van der Waals surface area contributed by atoms with Gasteiger partial charge in [0.25, 0.3) is 5.56 Å². The summed E-state index contributed by atoms with van der Waals surface area (Å²) in [5.41, 5.74) is -0.108. The van der Waals surface area contributed by atoms with Gasteiger partial charge in [-0.2, -0.15) is 0 Å². The number of aryl methyl sites for hydroxylation is 1. The third kappa shape index (κ3) is 5.48. The van der Waals surface area contributed by atoms with Crippen LogP contribution >= 0.6 is 34.4 Å². The molecule has 10 heteroatoms. The first kappa shape index (κ1) is 29.7. The Labute approximate surface area is 231 Å². The van der Waals surface area contributed by atoms with Crippen molar-refractivity contribution in [3.05, 3.63) is 32.6 Å². The molecule has 1 N–H and O–H groups in total. The van der Waals surface area contributed by atoms with Crippen LogP contribution in [0.15, 0.2) is 15.8 Å². The Balaban J connectivity index is 2.11. The van der Waals surface area contributed by atoms with Crippen LogP contribution in [0.25, 0.3) is 0 Å². The lowest BCUT2D eigenvalue weighted by Crippen LogP contribution is -2.57. The summed E-state index contributed by atoms with van der Waals surface area (Å²) in [7, 11) is -4.12. The van der Waals surface area contributed by atoms with Gasteiger partial charge in [-0.1, -0.05) is 64.1 Å². The van der Waals surface area contributed by atoms with Gasteiger partial charge in [-0.05, 0) is 62.5 Å². The fourth-order valence-electron chi connectivity index (χ4n) is 4.54. The second-order valence-electron chi connectivity index (χ2n) is 13.4. The Kier molecular flexibility index (Phi) is 8.22. The van der Waals surface area contributed by atoms with Gasteiger partial charge in [-0.3, -0.25) is 14.3 Å². The highest BCUT2D eigenvalue weighted by Gasteiger charge is 2.63.